The molecule has 4 nitrogen and oxygen atoms in total. The highest BCUT2D eigenvalue weighted by Crippen LogP contribution is 2.27. The molecule has 2 N–H and O–H groups in total. The number of benzene rings is 1. The molecule has 17 heavy (non-hydrogen) atoms. The maximum Gasteiger partial charge on any atom is 0.336 e. The Bertz CT molecular complexity index is 405. The van der Waals surface area contributed by atoms with Crippen molar-refractivity contribution >= 4 is 5.97 Å². The fraction of sp³-hybridized carbons (Fsp3) is 0.462. The number of carbonyl (C=O) groups is 1. The second-order valence-electron chi connectivity index (χ2n) is 4.28. The summed E-state index contributed by atoms with van der Waals surface area (Å²) in [7, 11) is 1.70. The van der Waals surface area contributed by atoms with Gasteiger partial charge in [-0.05, 0) is 31.0 Å². The van der Waals surface area contributed by atoms with Crippen molar-refractivity contribution in [2.45, 2.75) is 25.0 Å². The molecule has 0 aliphatic carbocycles. The van der Waals surface area contributed by atoms with Crippen molar-refractivity contribution in [3.05, 3.63) is 35.4 Å². The molecule has 1 aliphatic rings. The Kier molecular flexibility index (Phi) is 3.76. The molecule has 0 saturated carbocycles. The van der Waals surface area contributed by atoms with Gasteiger partial charge in [0.15, 0.2) is 0 Å². The van der Waals surface area contributed by atoms with Crippen LogP contribution in [0.4, 0.5) is 0 Å². The van der Waals surface area contributed by atoms with E-state index < -0.39 is 5.97 Å². The van der Waals surface area contributed by atoms with E-state index in [1.807, 2.05) is 12.1 Å². The van der Waals surface area contributed by atoms with Crippen molar-refractivity contribution in [1.29, 1.82) is 0 Å². The van der Waals surface area contributed by atoms with Gasteiger partial charge in [0.25, 0.3) is 0 Å². The molecular formula is C13H17NO3. The summed E-state index contributed by atoms with van der Waals surface area (Å²) in [5, 5.41) is 12.5. The van der Waals surface area contributed by atoms with E-state index in [0.717, 1.165) is 24.9 Å². The molecule has 1 aromatic rings. The van der Waals surface area contributed by atoms with E-state index in [4.69, 9.17) is 9.84 Å². The van der Waals surface area contributed by atoms with Gasteiger partial charge in [0, 0.05) is 13.2 Å². The summed E-state index contributed by atoms with van der Waals surface area (Å²) in [5.74, 6) is -0.873. The van der Waals surface area contributed by atoms with Gasteiger partial charge in [-0.3, -0.25) is 0 Å². The van der Waals surface area contributed by atoms with Crippen LogP contribution >= 0.6 is 0 Å². The van der Waals surface area contributed by atoms with E-state index in [-0.39, 0.29) is 12.1 Å². The first-order valence-electron chi connectivity index (χ1n) is 5.80. The van der Waals surface area contributed by atoms with Crippen LogP contribution in [-0.4, -0.2) is 30.8 Å². The number of hydrogen-bond acceptors (Lipinski definition) is 3. The van der Waals surface area contributed by atoms with Crippen LogP contribution in [0.5, 0.6) is 0 Å². The quantitative estimate of drug-likeness (QED) is 0.839. The van der Waals surface area contributed by atoms with Crippen LogP contribution in [0, 0.1) is 0 Å². The molecule has 0 spiro atoms. The fourth-order valence-corrected chi connectivity index (χ4v) is 2.33. The average molecular weight is 235 g/mol. The molecule has 2 atom stereocenters. The molecule has 1 fully saturated rings. The van der Waals surface area contributed by atoms with E-state index in [1.54, 1.807) is 19.2 Å². The Hall–Kier alpha value is -1.39. The first-order chi connectivity index (χ1) is 8.22. The van der Waals surface area contributed by atoms with Gasteiger partial charge in [0.1, 0.15) is 0 Å². The second-order valence-corrected chi connectivity index (χ2v) is 4.28. The van der Waals surface area contributed by atoms with Gasteiger partial charge in [-0.15, -0.1) is 0 Å². The number of carboxylic acid groups (broad SMARTS) is 1. The Balaban J connectivity index is 2.24. The first kappa shape index (κ1) is 12.1. The van der Waals surface area contributed by atoms with Crippen molar-refractivity contribution in [1.82, 2.24) is 5.32 Å². The molecule has 92 valence electrons. The highest BCUT2D eigenvalue weighted by molar-refractivity contribution is 5.89. The fourth-order valence-electron chi connectivity index (χ4n) is 2.33. The third-order valence-corrected chi connectivity index (χ3v) is 3.26. The van der Waals surface area contributed by atoms with Crippen LogP contribution < -0.4 is 5.32 Å². The lowest BCUT2D eigenvalue weighted by Gasteiger charge is -2.30. The van der Waals surface area contributed by atoms with Gasteiger partial charge < -0.3 is 15.2 Å². The highest BCUT2D eigenvalue weighted by Gasteiger charge is 2.25. The minimum Gasteiger partial charge on any atom is -0.478 e. The Morgan fingerprint density at radius 2 is 2.24 bits per heavy atom. The van der Waals surface area contributed by atoms with Crippen molar-refractivity contribution in [2.24, 2.45) is 0 Å². The molecule has 4 heteroatoms. The predicted molar refractivity (Wildman–Crippen MR) is 64.2 cm³/mol. The molecule has 2 unspecified atom stereocenters. The summed E-state index contributed by atoms with van der Waals surface area (Å²) < 4.78 is 5.36. The van der Waals surface area contributed by atoms with Gasteiger partial charge in [-0.2, -0.15) is 0 Å². The van der Waals surface area contributed by atoms with E-state index in [9.17, 15) is 4.79 Å². The molecule has 0 amide bonds. The smallest absolute Gasteiger partial charge is 0.336 e. The summed E-state index contributed by atoms with van der Waals surface area (Å²) in [5.41, 5.74) is 1.23. The van der Waals surface area contributed by atoms with Crippen molar-refractivity contribution in [2.75, 3.05) is 13.7 Å². The standard InChI is InChI=1S/C13H17NO3/c1-17-9-6-7-14-12(8-9)10-4-2-3-5-11(10)13(15)16/h2-5,9,12,14H,6-8H2,1H3,(H,15,16). The molecule has 1 saturated heterocycles. The minimum absolute atomic E-state index is 0.0704. The third-order valence-electron chi connectivity index (χ3n) is 3.26. The number of hydrogen-bond donors (Lipinski definition) is 2. The number of aromatic carboxylic acids is 1. The maximum absolute atomic E-state index is 11.2. The van der Waals surface area contributed by atoms with Gasteiger partial charge in [0.05, 0.1) is 11.7 Å². The zero-order chi connectivity index (χ0) is 12.3. The Morgan fingerprint density at radius 3 is 2.94 bits per heavy atom. The molecular weight excluding hydrogens is 218 g/mol. The number of rotatable bonds is 3. The van der Waals surface area contributed by atoms with Gasteiger partial charge in [-0.25, -0.2) is 4.79 Å². The summed E-state index contributed by atoms with van der Waals surface area (Å²) in [6.45, 7) is 0.858. The second kappa shape index (κ2) is 5.29. The Morgan fingerprint density at radius 1 is 1.47 bits per heavy atom. The van der Waals surface area contributed by atoms with Crippen LogP contribution in [0.3, 0.4) is 0 Å². The lowest BCUT2D eigenvalue weighted by Crippen LogP contribution is -2.35. The summed E-state index contributed by atoms with van der Waals surface area (Å²) in [6.07, 6.45) is 2.01. The van der Waals surface area contributed by atoms with Gasteiger partial charge in [-0.1, -0.05) is 18.2 Å². The predicted octanol–water partition coefficient (Wildman–Crippen LogP) is 1.82. The van der Waals surface area contributed by atoms with Crippen molar-refractivity contribution in [3.63, 3.8) is 0 Å². The molecule has 0 radical (unpaired) electrons. The van der Waals surface area contributed by atoms with Crippen LogP contribution in [0.2, 0.25) is 0 Å². The number of piperidine rings is 1. The molecule has 1 aliphatic heterocycles. The lowest BCUT2D eigenvalue weighted by molar-refractivity contribution is 0.0604. The first-order valence-corrected chi connectivity index (χ1v) is 5.80. The highest BCUT2D eigenvalue weighted by atomic mass is 16.5. The molecule has 0 bridgehead atoms. The molecule has 0 aromatic heterocycles. The number of carboxylic acids is 1. The van der Waals surface area contributed by atoms with E-state index in [0.29, 0.717) is 5.56 Å². The number of ether oxygens (including phenoxy) is 1. The third kappa shape index (κ3) is 2.65. The summed E-state index contributed by atoms with van der Waals surface area (Å²) in [6, 6.07) is 7.22. The van der Waals surface area contributed by atoms with E-state index in [1.165, 1.54) is 0 Å². The largest absolute Gasteiger partial charge is 0.478 e. The molecule has 1 heterocycles. The minimum atomic E-state index is -0.873. The average Bonchev–Trinajstić information content (AvgIpc) is 2.39. The topological polar surface area (TPSA) is 58.6 Å². The van der Waals surface area contributed by atoms with Crippen molar-refractivity contribution < 1.29 is 14.6 Å². The number of methoxy groups -OCH3 is 1. The van der Waals surface area contributed by atoms with Crippen LogP contribution in [0.15, 0.2) is 24.3 Å². The van der Waals surface area contributed by atoms with E-state index >= 15 is 0 Å². The van der Waals surface area contributed by atoms with Crippen LogP contribution in [0.1, 0.15) is 34.8 Å². The Labute approximate surface area is 101 Å². The molecule has 1 aromatic carbocycles. The summed E-state index contributed by atoms with van der Waals surface area (Å²) >= 11 is 0. The zero-order valence-electron chi connectivity index (χ0n) is 9.85. The van der Waals surface area contributed by atoms with Crippen LogP contribution in [-0.2, 0) is 4.74 Å². The SMILES string of the molecule is COC1CCNC(c2ccccc2C(=O)O)C1. The lowest BCUT2D eigenvalue weighted by atomic mass is 9.92. The van der Waals surface area contributed by atoms with Crippen molar-refractivity contribution in [3.8, 4) is 0 Å². The zero-order valence-corrected chi connectivity index (χ0v) is 9.85. The van der Waals surface area contributed by atoms with Gasteiger partial charge >= 0.3 is 5.97 Å². The van der Waals surface area contributed by atoms with Crippen LogP contribution in [0.25, 0.3) is 0 Å². The monoisotopic (exact) mass is 235 g/mol. The maximum atomic E-state index is 11.2. The summed E-state index contributed by atoms with van der Waals surface area (Å²) in [4.78, 5) is 11.2. The normalized spacial score (nSPS) is 24.5. The molecule has 2 rings (SSSR count). The van der Waals surface area contributed by atoms with E-state index in [2.05, 4.69) is 5.32 Å². The number of nitrogens with one attached hydrogen (secondary N) is 1. The van der Waals surface area contributed by atoms with Gasteiger partial charge in [0.2, 0.25) is 0 Å².